The molecule has 0 aromatic rings. The maximum Gasteiger partial charge on any atom is 0.0512 e. The number of aliphatic hydroxyl groups excluding tert-OH is 2. The Morgan fingerprint density at radius 3 is 2.08 bits per heavy atom. The van der Waals surface area contributed by atoms with E-state index < -0.39 is 0 Å². The van der Waals surface area contributed by atoms with Gasteiger partial charge in [0.25, 0.3) is 0 Å². The quantitative estimate of drug-likeness (QED) is 0.599. The summed E-state index contributed by atoms with van der Waals surface area (Å²) in [5, 5.41) is 18.3. The second kappa shape index (κ2) is 5.33. The standard InChI is InChI=1S/C10H20O2/c1-4-5-10(7-11,8-12)6-9(2)3/h11-12H,2,4-8H2,1,3H3. The van der Waals surface area contributed by atoms with E-state index in [0.29, 0.717) is 6.42 Å². The number of hydrogen-bond acceptors (Lipinski definition) is 2. The lowest BCUT2D eigenvalue weighted by molar-refractivity contribution is 0.0467. The normalized spacial score (nSPS) is 11.7. The van der Waals surface area contributed by atoms with E-state index in [9.17, 15) is 0 Å². The van der Waals surface area contributed by atoms with Gasteiger partial charge in [-0.15, -0.1) is 6.58 Å². The van der Waals surface area contributed by atoms with Crippen molar-refractivity contribution in [1.29, 1.82) is 0 Å². The molecule has 2 N–H and O–H groups in total. The zero-order valence-electron chi connectivity index (χ0n) is 8.14. The predicted octanol–water partition coefficient (Wildman–Crippen LogP) is 1.72. The summed E-state index contributed by atoms with van der Waals surface area (Å²) >= 11 is 0. The van der Waals surface area contributed by atoms with Gasteiger partial charge in [-0.3, -0.25) is 0 Å². The molecule has 0 rings (SSSR count). The Bertz CT molecular complexity index is 137. The van der Waals surface area contributed by atoms with Gasteiger partial charge in [0.15, 0.2) is 0 Å². The fraction of sp³-hybridized carbons (Fsp3) is 0.800. The molecule has 0 aromatic heterocycles. The van der Waals surface area contributed by atoms with Crippen LogP contribution >= 0.6 is 0 Å². The zero-order chi connectivity index (χ0) is 9.61. The fourth-order valence-corrected chi connectivity index (χ4v) is 1.58. The van der Waals surface area contributed by atoms with Crippen LogP contribution in [0.2, 0.25) is 0 Å². The third kappa shape index (κ3) is 3.37. The molecule has 0 heterocycles. The van der Waals surface area contributed by atoms with Gasteiger partial charge in [-0.2, -0.15) is 0 Å². The monoisotopic (exact) mass is 172 g/mol. The molecule has 12 heavy (non-hydrogen) atoms. The molecule has 0 radical (unpaired) electrons. The minimum Gasteiger partial charge on any atom is -0.396 e. The van der Waals surface area contributed by atoms with E-state index >= 15 is 0 Å². The summed E-state index contributed by atoms with van der Waals surface area (Å²) in [5.74, 6) is 0. The van der Waals surface area contributed by atoms with E-state index in [1.165, 1.54) is 0 Å². The number of rotatable bonds is 6. The van der Waals surface area contributed by atoms with E-state index in [-0.39, 0.29) is 18.6 Å². The van der Waals surface area contributed by atoms with Crippen LogP contribution in [0.1, 0.15) is 33.1 Å². The molecule has 72 valence electrons. The second-order valence-corrected chi connectivity index (χ2v) is 3.70. The van der Waals surface area contributed by atoms with Crippen LogP contribution in [0.4, 0.5) is 0 Å². The smallest absolute Gasteiger partial charge is 0.0512 e. The highest BCUT2D eigenvalue weighted by Gasteiger charge is 2.27. The molecule has 2 nitrogen and oxygen atoms in total. The molecule has 0 atom stereocenters. The molecule has 0 unspecified atom stereocenters. The largest absolute Gasteiger partial charge is 0.396 e. The van der Waals surface area contributed by atoms with E-state index in [2.05, 4.69) is 13.5 Å². The third-order valence-corrected chi connectivity index (χ3v) is 2.13. The summed E-state index contributed by atoms with van der Waals surface area (Å²) < 4.78 is 0. The first kappa shape index (κ1) is 11.7. The molecular formula is C10H20O2. The molecule has 0 amide bonds. The van der Waals surface area contributed by atoms with Gasteiger partial charge in [-0.05, 0) is 19.8 Å². The zero-order valence-corrected chi connectivity index (χ0v) is 8.14. The molecule has 0 aliphatic heterocycles. The van der Waals surface area contributed by atoms with E-state index in [1.807, 2.05) is 6.92 Å². The lowest BCUT2D eigenvalue weighted by Gasteiger charge is -2.29. The van der Waals surface area contributed by atoms with Crippen LogP contribution in [-0.2, 0) is 0 Å². The molecule has 0 spiro atoms. The molecule has 0 aromatic carbocycles. The van der Waals surface area contributed by atoms with Crippen molar-refractivity contribution in [3.63, 3.8) is 0 Å². The first-order valence-corrected chi connectivity index (χ1v) is 4.46. The average molecular weight is 172 g/mol. The maximum atomic E-state index is 9.16. The first-order valence-electron chi connectivity index (χ1n) is 4.46. The summed E-state index contributed by atoms with van der Waals surface area (Å²) in [7, 11) is 0. The van der Waals surface area contributed by atoms with Crippen molar-refractivity contribution in [2.45, 2.75) is 33.1 Å². The van der Waals surface area contributed by atoms with Crippen LogP contribution in [0.3, 0.4) is 0 Å². The fourth-order valence-electron chi connectivity index (χ4n) is 1.58. The van der Waals surface area contributed by atoms with E-state index in [1.54, 1.807) is 0 Å². The highest BCUT2D eigenvalue weighted by atomic mass is 16.3. The number of hydrogen-bond donors (Lipinski definition) is 2. The van der Waals surface area contributed by atoms with Crippen LogP contribution in [0.25, 0.3) is 0 Å². The highest BCUT2D eigenvalue weighted by molar-refractivity contribution is 4.96. The molecule has 2 heteroatoms. The van der Waals surface area contributed by atoms with E-state index in [0.717, 1.165) is 18.4 Å². The van der Waals surface area contributed by atoms with Crippen LogP contribution in [0.15, 0.2) is 12.2 Å². The highest BCUT2D eigenvalue weighted by Crippen LogP contribution is 2.29. The van der Waals surface area contributed by atoms with Crippen LogP contribution in [0.5, 0.6) is 0 Å². The third-order valence-electron chi connectivity index (χ3n) is 2.13. The Morgan fingerprint density at radius 2 is 1.83 bits per heavy atom. The summed E-state index contributed by atoms with van der Waals surface area (Å²) in [6.07, 6.45) is 2.55. The molecular weight excluding hydrogens is 152 g/mol. The van der Waals surface area contributed by atoms with Gasteiger partial charge in [0.05, 0.1) is 13.2 Å². The Hall–Kier alpha value is -0.340. The maximum absolute atomic E-state index is 9.16. The van der Waals surface area contributed by atoms with Gasteiger partial charge < -0.3 is 10.2 Å². The van der Waals surface area contributed by atoms with Crippen LogP contribution < -0.4 is 0 Å². The topological polar surface area (TPSA) is 40.5 Å². The molecule has 0 saturated carbocycles. The van der Waals surface area contributed by atoms with Crippen molar-refractivity contribution in [2.75, 3.05) is 13.2 Å². The molecule has 0 saturated heterocycles. The Kier molecular flexibility index (Phi) is 5.18. The van der Waals surface area contributed by atoms with Gasteiger partial charge in [-0.25, -0.2) is 0 Å². The predicted molar refractivity (Wildman–Crippen MR) is 50.9 cm³/mol. The summed E-state index contributed by atoms with van der Waals surface area (Å²) in [5.41, 5.74) is 0.687. The Morgan fingerprint density at radius 1 is 1.33 bits per heavy atom. The van der Waals surface area contributed by atoms with Crippen molar-refractivity contribution < 1.29 is 10.2 Å². The summed E-state index contributed by atoms with van der Waals surface area (Å²) in [6.45, 7) is 7.87. The van der Waals surface area contributed by atoms with Crippen molar-refractivity contribution in [2.24, 2.45) is 5.41 Å². The minimum absolute atomic E-state index is 0.0458. The van der Waals surface area contributed by atoms with Crippen molar-refractivity contribution in [1.82, 2.24) is 0 Å². The van der Waals surface area contributed by atoms with Crippen LogP contribution in [0, 0.1) is 5.41 Å². The summed E-state index contributed by atoms with van der Waals surface area (Å²) in [6, 6.07) is 0. The van der Waals surface area contributed by atoms with Gasteiger partial charge in [0.1, 0.15) is 0 Å². The van der Waals surface area contributed by atoms with Crippen LogP contribution in [-0.4, -0.2) is 23.4 Å². The van der Waals surface area contributed by atoms with E-state index in [4.69, 9.17) is 10.2 Å². The first-order chi connectivity index (χ1) is 5.60. The van der Waals surface area contributed by atoms with Gasteiger partial charge in [-0.1, -0.05) is 18.9 Å². The lowest BCUT2D eigenvalue weighted by atomic mass is 9.80. The van der Waals surface area contributed by atoms with Gasteiger partial charge in [0, 0.05) is 5.41 Å². The molecule has 0 fully saturated rings. The second-order valence-electron chi connectivity index (χ2n) is 3.70. The van der Waals surface area contributed by atoms with Gasteiger partial charge >= 0.3 is 0 Å². The van der Waals surface area contributed by atoms with Crippen molar-refractivity contribution in [3.05, 3.63) is 12.2 Å². The van der Waals surface area contributed by atoms with Crippen molar-refractivity contribution >= 4 is 0 Å². The summed E-state index contributed by atoms with van der Waals surface area (Å²) in [4.78, 5) is 0. The Labute approximate surface area is 74.9 Å². The molecule has 0 aliphatic rings. The molecule has 0 bridgehead atoms. The SMILES string of the molecule is C=C(C)CC(CO)(CO)CCC. The van der Waals surface area contributed by atoms with Crippen molar-refractivity contribution in [3.8, 4) is 0 Å². The number of allylic oxidation sites excluding steroid dienone is 1. The average Bonchev–Trinajstić information content (AvgIpc) is 2.03. The Balaban J connectivity index is 4.23. The van der Waals surface area contributed by atoms with Gasteiger partial charge in [0.2, 0.25) is 0 Å². The molecule has 0 aliphatic carbocycles. The number of aliphatic hydroxyl groups is 2. The lowest BCUT2D eigenvalue weighted by Crippen LogP contribution is -2.29. The minimum atomic E-state index is -0.333.